The standard InChI is InChI=1S/C23H23N3O5/c1-5-29-23(28)31-15(4)30-22(27)17-8-9-25-20(11-17)16-6-7-21-19(10-16)18(12-24)13-26(21)14(2)3/h6-11,13-15H,5H2,1-4H3. The summed E-state index contributed by atoms with van der Waals surface area (Å²) in [5.41, 5.74) is 3.10. The molecule has 8 nitrogen and oxygen atoms in total. The average molecular weight is 421 g/mol. The zero-order valence-electron chi connectivity index (χ0n) is 17.8. The molecule has 0 saturated heterocycles. The number of pyridine rings is 1. The Morgan fingerprint density at radius 3 is 2.61 bits per heavy atom. The van der Waals surface area contributed by atoms with Gasteiger partial charge in [-0.3, -0.25) is 4.98 Å². The van der Waals surface area contributed by atoms with Crippen LogP contribution in [0.3, 0.4) is 0 Å². The summed E-state index contributed by atoms with van der Waals surface area (Å²) in [5.74, 6) is -0.662. The third-order valence-electron chi connectivity index (χ3n) is 4.60. The smallest absolute Gasteiger partial charge is 0.435 e. The van der Waals surface area contributed by atoms with E-state index in [4.69, 9.17) is 9.47 Å². The van der Waals surface area contributed by atoms with E-state index in [1.807, 2.05) is 29.0 Å². The highest BCUT2D eigenvalue weighted by molar-refractivity contribution is 5.93. The molecule has 3 rings (SSSR count). The van der Waals surface area contributed by atoms with Crippen molar-refractivity contribution in [1.82, 2.24) is 9.55 Å². The van der Waals surface area contributed by atoms with Crippen molar-refractivity contribution in [1.29, 1.82) is 5.26 Å². The van der Waals surface area contributed by atoms with Gasteiger partial charge in [0.2, 0.25) is 6.29 Å². The molecule has 0 bridgehead atoms. The molecule has 0 aliphatic carbocycles. The van der Waals surface area contributed by atoms with Gasteiger partial charge in [-0.2, -0.15) is 5.26 Å². The molecule has 1 aromatic carbocycles. The molecule has 0 aliphatic heterocycles. The summed E-state index contributed by atoms with van der Waals surface area (Å²) in [4.78, 5) is 28.1. The van der Waals surface area contributed by atoms with Crippen LogP contribution >= 0.6 is 0 Å². The number of esters is 1. The van der Waals surface area contributed by atoms with E-state index in [1.54, 1.807) is 13.0 Å². The number of hydrogen-bond donors (Lipinski definition) is 0. The first-order valence-electron chi connectivity index (χ1n) is 9.89. The van der Waals surface area contributed by atoms with E-state index in [2.05, 4.69) is 29.6 Å². The van der Waals surface area contributed by atoms with Crippen molar-refractivity contribution in [2.45, 2.75) is 40.0 Å². The number of rotatable bonds is 6. The van der Waals surface area contributed by atoms with Crippen molar-refractivity contribution >= 4 is 23.0 Å². The fourth-order valence-corrected chi connectivity index (χ4v) is 3.18. The number of ether oxygens (including phenoxy) is 3. The van der Waals surface area contributed by atoms with E-state index in [9.17, 15) is 14.9 Å². The topological polar surface area (TPSA) is 103 Å². The summed E-state index contributed by atoms with van der Waals surface area (Å²) in [7, 11) is 0. The molecule has 31 heavy (non-hydrogen) atoms. The summed E-state index contributed by atoms with van der Waals surface area (Å²) >= 11 is 0. The number of fused-ring (bicyclic) bond motifs is 1. The molecule has 0 saturated carbocycles. The second-order valence-corrected chi connectivity index (χ2v) is 7.09. The van der Waals surface area contributed by atoms with Gasteiger partial charge in [-0.1, -0.05) is 6.07 Å². The molecule has 8 heteroatoms. The van der Waals surface area contributed by atoms with Gasteiger partial charge >= 0.3 is 12.1 Å². The van der Waals surface area contributed by atoms with Crippen LogP contribution in [0.25, 0.3) is 22.2 Å². The monoisotopic (exact) mass is 421 g/mol. The lowest BCUT2D eigenvalue weighted by atomic mass is 10.1. The number of hydrogen-bond acceptors (Lipinski definition) is 7. The maximum atomic E-state index is 12.4. The van der Waals surface area contributed by atoms with Crippen LogP contribution < -0.4 is 0 Å². The Hall–Kier alpha value is -3.86. The second kappa shape index (κ2) is 9.30. The quantitative estimate of drug-likeness (QED) is 0.415. The molecule has 0 aliphatic rings. The molecule has 1 atom stereocenters. The molecule has 0 spiro atoms. The van der Waals surface area contributed by atoms with Gasteiger partial charge < -0.3 is 18.8 Å². The highest BCUT2D eigenvalue weighted by Gasteiger charge is 2.18. The normalized spacial score (nSPS) is 11.7. The third-order valence-corrected chi connectivity index (χ3v) is 4.60. The highest BCUT2D eigenvalue weighted by atomic mass is 16.8. The molecule has 0 fully saturated rings. The Morgan fingerprint density at radius 1 is 1.16 bits per heavy atom. The van der Waals surface area contributed by atoms with Crippen LogP contribution in [0, 0.1) is 11.3 Å². The van der Waals surface area contributed by atoms with Crippen LogP contribution in [0.5, 0.6) is 0 Å². The van der Waals surface area contributed by atoms with E-state index in [-0.39, 0.29) is 18.2 Å². The Morgan fingerprint density at radius 2 is 1.94 bits per heavy atom. The lowest BCUT2D eigenvalue weighted by molar-refractivity contribution is -0.0811. The predicted molar refractivity (Wildman–Crippen MR) is 113 cm³/mol. The maximum Gasteiger partial charge on any atom is 0.511 e. The maximum absolute atomic E-state index is 12.4. The van der Waals surface area contributed by atoms with Gasteiger partial charge in [0.05, 0.1) is 23.4 Å². The molecule has 160 valence electrons. The lowest BCUT2D eigenvalue weighted by Crippen LogP contribution is -2.22. The van der Waals surface area contributed by atoms with Crippen LogP contribution in [0.1, 0.15) is 49.7 Å². The molecule has 1 unspecified atom stereocenters. The fourth-order valence-electron chi connectivity index (χ4n) is 3.18. The van der Waals surface area contributed by atoms with Crippen molar-refractivity contribution in [3.8, 4) is 17.3 Å². The first-order valence-corrected chi connectivity index (χ1v) is 9.89. The second-order valence-electron chi connectivity index (χ2n) is 7.09. The van der Waals surface area contributed by atoms with Gasteiger partial charge in [0, 0.05) is 41.8 Å². The van der Waals surface area contributed by atoms with Gasteiger partial charge in [0.15, 0.2) is 0 Å². The molecule has 2 aromatic heterocycles. The number of benzene rings is 1. The Labute approximate surface area is 180 Å². The minimum Gasteiger partial charge on any atom is -0.435 e. The van der Waals surface area contributed by atoms with E-state index >= 15 is 0 Å². The van der Waals surface area contributed by atoms with E-state index < -0.39 is 18.4 Å². The molecule has 3 aromatic rings. The minimum atomic E-state index is -1.10. The van der Waals surface area contributed by atoms with Gasteiger partial charge in [0.1, 0.15) is 6.07 Å². The van der Waals surface area contributed by atoms with Crippen LogP contribution in [0.4, 0.5) is 4.79 Å². The predicted octanol–water partition coefficient (Wildman–Crippen LogP) is 4.83. The van der Waals surface area contributed by atoms with Gasteiger partial charge in [0.25, 0.3) is 0 Å². The highest BCUT2D eigenvalue weighted by Crippen LogP contribution is 2.29. The van der Waals surface area contributed by atoms with Crippen molar-refractivity contribution in [3.05, 3.63) is 53.9 Å². The molecule has 0 radical (unpaired) electrons. The molecule has 2 heterocycles. The Kier molecular flexibility index (Phi) is 6.55. The van der Waals surface area contributed by atoms with Crippen molar-refractivity contribution in [3.63, 3.8) is 0 Å². The molecular weight excluding hydrogens is 398 g/mol. The van der Waals surface area contributed by atoms with E-state index in [0.717, 1.165) is 16.5 Å². The molecule has 0 N–H and O–H groups in total. The minimum absolute atomic E-state index is 0.158. The number of carbonyl (C=O) groups is 2. The van der Waals surface area contributed by atoms with E-state index in [1.165, 1.54) is 19.2 Å². The number of nitriles is 1. The first-order chi connectivity index (χ1) is 14.8. The summed E-state index contributed by atoms with van der Waals surface area (Å²) in [6.07, 6.45) is 1.32. The first kappa shape index (κ1) is 21.8. The number of carbonyl (C=O) groups excluding carboxylic acids is 2. The third kappa shape index (κ3) is 4.83. The van der Waals surface area contributed by atoms with Crippen LogP contribution in [-0.2, 0) is 14.2 Å². The lowest BCUT2D eigenvalue weighted by Gasteiger charge is -2.14. The van der Waals surface area contributed by atoms with Gasteiger partial charge in [-0.15, -0.1) is 0 Å². The number of aromatic nitrogens is 2. The summed E-state index contributed by atoms with van der Waals surface area (Å²) < 4.78 is 16.7. The Balaban J connectivity index is 1.86. The number of nitrogens with zero attached hydrogens (tertiary/aromatic N) is 3. The van der Waals surface area contributed by atoms with Gasteiger partial charge in [-0.05, 0) is 45.0 Å². The Bertz CT molecular complexity index is 1160. The van der Waals surface area contributed by atoms with Crippen molar-refractivity contribution < 1.29 is 23.8 Å². The van der Waals surface area contributed by atoms with Crippen LogP contribution in [0.2, 0.25) is 0 Å². The van der Waals surface area contributed by atoms with Crippen LogP contribution in [0.15, 0.2) is 42.7 Å². The average Bonchev–Trinajstić information content (AvgIpc) is 3.12. The summed E-state index contributed by atoms with van der Waals surface area (Å²) in [6.45, 7) is 7.33. The van der Waals surface area contributed by atoms with Crippen molar-refractivity contribution in [2.24, 2.45) is 0 Å². The fraction of sp³-hybridized carbons (Fsp3) is 0.304. The largest absolute Gasteiger partial charge is 0.511 e. The van der Waals surface area contributed by atoms with Gasteiger partial charge in [-0.25, -0.2) is 9.59 Å². The summed E-state index contributed by atoms with van der Waals surface area (Å²) in [6, 6.07) is 11.3. The SMILES string of the molecule is CCOC(=O)OC(C)OC(=O)c1ccnc(-c2ccc3c(c2)c(C#N)cn3C(C)C)c1. The van der Waals surface area contributed by atoms with Crippen molar-refractivity contribution in [2.75, 3.05) is 6.61 Å². The zero-order valence-corrected chi connectivity index (χ0v) is 17.8. The molecular formula is C23H23N3O5. The summed E-state index contributed by atoms with van der Waals surface area (Å²) in [5, 5.41) is 10.3. The van der Waals surface area contributed by atoms with E-state index in [0.29, 0.717) is 11.3 Å². The van der Waals surface area contributed by atoms with Crippen LogP contribution in [-0.4, -0.2) is 34.6 Å². The molecule has 0 amide bonds. The zero-order chi connectivity index (χ0) is 22.5.